The summed E-state index contributed by atoms with van der Waals surface area (Å²) >= 11 is 19.7. The van der Waals surface area contributed by atoms with Crippen LogP contribution in [-0.2, 0) is 6.54 Å². The molecule has 0 saturated carbocycles. The lowest BCUT2D eigenvalue weighted by Gasteiger charge is -2.30. The number of amides is 3. The van der Waals surface area contributed by atoms with Gasteiger partial charge in [0.25, 0.3) is 23.4 Å². The number of non-ortho nitro benzene ring substituents is 1. The molecule has 1 heterocycles. The number of nitro groups is 1. The van der Waals surface area contributed by atoms with Crippen LogP contribution in [0.2, 0.25) is 5.02 Å². The van der Waals surface area contributed by atoms with E-state index in [1.807, 2.05) is 0 Å². The molecular formula is C22H10Br4ClN3O5. The minimum Gasteiger partial charge on any atom is -0.267 e. The second kappa shape index (κ2) is 10.1. The van der Waals surface area contributed by atoms with Crippen LogP contribution in [-0.4, -0.2) is 32.7 Å². The van der Waals surface area contributed by atoms with Crippen LogP contribution in [0.25, 0.3) is 0 Å². The molecule has 3 aromatic rings. The highest BCUT2D eigenvalue weighted by Gasteiger charge is 2.45. The van der Waals surface area contributed by atoms with Crippen molar-refractivity contribution < 1.29 is 19.3 Å². The smallest absolute Gasteiger partial charge is 0.267 e. The van der Waals surface area contributed by atoms with Gasteiger partial charge in [0.05, 0.1) is 33.2 Å². The fourth-order valence-electron chi connectivity index (χ4n) is 3.46. The fourth-order valence-corrected chi connectivity index (χ4v) is 6.13. The van der Waals surface area contributed by atoms with E-state index in [0.717, 1.165) is 10.0 Å². The summed E-state index contributed by atoms with van der Waals surface area (Å²) in [5.41, 5.74) is 0.525. The van der Waals surface area contributed by atoms with E-state index in [2.05, 4.69) is 63.7 Å². The molecule has 4 rings (SSSR count). The number of imide groups is 1. The summed E-state index contributed by atoms with van der Waals surface area (Å²) in [7, 11) is 0. The summed E-state index contributed by atoms with van der Waals surface area (Å²) in [6.45, 7) is -0.231. The Bertz CT molecular complexity index is 1380. The van der Waals surface area contributed by atoms with Crippen molar-refractivity contribution in [3.8, 4) is 0 Å². The van der Waals surface area contributed by atoms with E-state index >= 15 is 0 Å². The summed E-state index contributed by atoms with van der Waals surface area (Å²) in [6, 6.07) is 11.7. The molecule has 0 fully saturated rings. The number of nitrogens with zero attached hydrogens (tertiary/aromatic N) is 3. The first kappa shape index (κ1) is 26.0. The van der Waals surface area contributed by atoms with Crippen LogP contribution in [0.5, 0.6) is 0 Å². The van der Waals surface area contributed by atoms with Crippen LogP contribution >= 0.6 is 75.3 Å². The maximum atomic E-state index is 13.6. The molecule has 8 nitrogen and oxygen atoms in total. The van der Waals surface area contributed by atoms with Gasteiger partial charge in [-0.3, -0.25) is 24.5 Å². The van der Waals surface area contributed by atoms with Crippen molar-refractivity contribution in [2.24, 2.45) is 0 Å². The van der Waals surface area contributed by atoms with Gasteiger partial charge < -0.3 is 0 Å². The van der Waals surface area contributed by atoms with Gasteiger partial charge in [0.1, 0.15) is 0 Å². The Morgan fingerprint density at radius 3 is 1.89 bits per heavy atom. The Kier molecular flexibility index (Phi) is 7.49. The van der Waals surface area contributed by atoms with Gasteiger partial charge in [-0.1, -0.05) is 35.9 Å². The molecule has 0 bridgehead atoms. The summed E-state index contributed by atoms with van der Waals surface area (Å²) < 4.78 is 1.68. The van der Waals surface area contributed by atoms with Gasteiger partial charge in [0.2, 0.25) is 0 Å². The third-order valence-electron chi connectivity index (χ3n) is 5.14. The zero-order valence-corrected chi connectivity index (χ0v) is 24.2. The largest absolute Gasteiger partial charge is 0.282 e. The molecule has 0 saturated heterocycles. The van der Waals surface area contributed by atoms with Crippen LogP contribution in [0.15, 0.2) is 66.4 Å². The van der Waals surface area contributed by atoms with E-state index in [1.54, 1.807) is 12.1 Å². The van der Waals surface area contributed by atoms with Gasteiger partial charge in [-0.2, -0.15) is 5.01 Å². The first-order chi connectivity index (χ1) is 16.5. The average molecular weight is 751 g/mol. The van der Waals surface area contributed by atoms with Gasteiger partial charge in [-0.25, -0.2) is 5.01 Å². The van der Waals surface area contributed by atoms with E-state index in [0.29, 0.717) is 23.5 Å². The molecule has 0 unspecified atom stereocenters. The van der Waals surface area contributed by atoms with Crippen LogP contribution in [0.3, 0.4) is 0 Å². The van der Waals surface area contributed by atoms with Gasteiger partial charge in [0, 0.05) is 30.0 Å². The summed E-state index contributed by atoms with van der Waals surface area (Å²) in [4.78, 5) is 51.2. The van der Waals surface area contributed by atoms with E-state index in [4.69, 9.17) is 11.6 Å². The molecule has 0 aromatic heterocycles. The zero-order valence-electron chi connectivity index (χ0n) is 17.1. The van der Waals surface area contributed by atoms with Gasteiger partial charge >= 0.3 is 0 Å². The Morgan fingerprint density at radius 2 is 1.40 bits per heavy atom. The molecule has 178 valence electrons. The predicted molar refractivity (Wildman–Crippen MR) is 142 cm³/mol. The molecule has 35 heavy (non-hydrogen) atoms. The van der Waals surface area contributed by atoms with Crippen molar-refractivity contribution in [2.75, 3.05) is 0 Å². The molecule has 1 aliphatic heterocycles. The standard InChI is InChI=1S/C22H10Br4ClN3O5/c23-16-14-15(17(24)19(26)18(16)25)22(33)29(21(14)32)28(20(31)12-3-1-2-4-13(12)27)9-10-5-7-11(8-6-10)30(34)35/h1-8H,9H2. The zero-order chi connectivity index (χ0) is 25.6. The van der Waals surface area contributed by atoms with Crippen molar-refractivity contribution >= 4 is 98.7 Å². The highest BCUT2D eigenvalue weighted by molar-refractivity contribution is 9.15. The van der Waals surface area contributed by atoms with Crippen molar-refractivity contribution in [1.29, 1.82) is 0 Å². The normalized spacial score (nSPS) is 12.7. The molecule has 0 aliphatic carbocycles. The number of carbonyl (C=O) groups excluding carboxylic acids is 3. The molecule has 0 radical (unpaired) electrons. The van der Waals surface area contributed by atoms with E-state index in [1.165, 1.54) is 36.4 Å². The fraction of sp³-hybridized carbons (Fsp3) is 0.0455. The van der Waals surface area contributed by atoms with Crippen molar-refractivity contribution in [3.05, 3.63) is 104 Å². The van der Waals surface area contributed by atoms with Crippen LogP contribution in [0.1, 0.15) is 36.6 Å². The molecule has 0 N–H and O–H groups in total. The maximum absolute atomic E-state index is 13.6. The van der Waals surface area contributed by atoms with Crippen molar-refractivity contribution in [2.45, 2.75) is 6.54 Å². The highest BCUT2D eigenvalue weighted by atomic mass is 79.9. The Hall–Kier alpha value is -2.12. The Balaban J connectivity index is 1.84. The third kappa shape index (κ3) is 4.57. The van der Waals surface area contributed by atoms with E-state index in [-0.39, 0.29) is 33.9 Å². The Morgan fingerprint density at radius 1 is 0.886 bits per heavy atom. The summed E-state index contributed by atoms with van der Waals surface area (Å²) in [5, 5.41) is 12.9. The molecular weight excluding hydrogens is 741 g/mol. The number of rotatable bonds is 5. The number of hydrazine groups is 1. The molecule has 1 aliphatic rings. The molecule has 0 atom stereocenters. The molecule has 13 heteroatoms. The lowest BCUT2D eigenvalue weighted by Crippen LogP contribution is -2.49. The molecule has 0 spiro atoms. The maximum Gasteiger partial charge on any atom is 0.282 e. The third-order valence-corrected chi connectivity index (χ3v) is 10.2. The topological polar surface area (TPSA) is 101 Å². The quantitative estimate of drug-likeness (QED) is 0.0907. The average Bonchev–Trinajstić information content (AvgIpc) is 3.10. The SMILES string of the molecule is O=C(c1ccccc1Cl)N(Cc1ccc([N+](=O)[O-])cc1)N1C(=O)c2c(Br)c(Br)c(Br)c(Br)c2C1=O. The number of hydrogen-bond acceptors (Lipinski definition) is 5. The number of carbonyl (C=O) groups is 3. The minimum absolute atomic E-state index is 0.0672. The van der Waals surface area contributed by atoms with Crippen LogP contribution < -0.4 is 0 Å². The first-order valence-electron chi connectivity index (χ1n) is 9.59. The van der Waals surface area contributed by atoms with Gasteiger partial charge in [0.15, 0.2) is 0 Å². The number of hydrogen-bond donors (Lipinski definition) is 0. The number of benzene rings is 3. The van der Waals surface area contributed by atoms with Gasteiger partial charge in [-0.15, -0.1) is 0 Å². The number of fused-ring (bicyclic) bond motifs is 1. The molecule has 3 amide bonds. The van der Waals surface area contributed by atoms with E-state index in [9.17, 15) is 24.5 Å². The lowest BCUT2D eigenvalue weighted by molar-refractivity contribution is -0.384. The highest BCUT2D eigenvalue weighted by Crippen LogP contribution is 2.45. The van der Waals surface area contributed by atoms with Gasteiger partial charge in [-0.05, 0) is 81.4 Å². The van der Waals surface area contributed by atoms with Crippen molar-refractivity contribution in [1.82, 2.24) is 10.0 Å². The van der Waals surface area contributed by atoms with E-state index < -0.39 is 22.6 Å². The number of nitro benzene ring substituents is 1. The Labute approximate surface area is 236 Å². The van der Waals surface area contributed by atoms with Crippen molar-refractivity contribution in [3.63, 3.8) is 0 Å². The minimum atomic E-state index is -0.729. The summed E-state index contributed by atoms with van der Waals surface area (Å²) in [5.74, 6) is -2.16. The summed E-state index contributed by atoms with van der Waals surface area (Å²) in [6.07, 6.45) is 0. The second-order valence-electron chi connectivity index (χ2n) is 7.19. The van der Waals surface area contributed by atoms with Crippen LogP contribution in [0.4, 0.5) is 5.69 Å². The lowest BCUT2D eigenvalue weighted by atomic mass is 10.1. The second-order valence-corrected chi connectivity index (χ2v) is 10.8. The number of halogens is 5. The van der Waals surface area contributed by atoms with Crippen LogP contribution in [0, 0.1) is 10.1 Å². The monoisotopic (exact) mass is 747 g/mol. The first-order valence-corrected chi connectivity index (χ1v) is 13.1. The molecule has 3 aromatic carbocycles. The predicted octanol–water partition coefficient (Wildman–Crippen LogP) is 7.15.